The third kappa shape index (κ3) is 4.55. The van der Waals surface area contributed by atoms with Gasteiger partial charge in [0.2, 0.25) is 5.91 Å². The highest BCUT2D eigenvalue weighted by Gasteiger charge is 2.32. The molecule has 1 aromatic carbocycles. The molecule has 0 bridgehead atoms. The fourth-order valence-electron chi connectivity index (χ4n) is 2.46. The minimum absolute atomic E-state index is 0. The molecule has 25 heavy (non-hydrogen) atoms. The van der Waals surface area contributed by atoms with E-state index in [4.69, 9.17) is 5.11 Å². The van der Waals surface area contributed by atoms with Gasteiger partial charge in [-0.2, -0.15) is 0 Å². The molecular weight excluding hydrogens is 350 g/mol. The molecule has 0 saturated carbocycles. The number of imide groups is 1. The molecule has 0 saturated heterocycles. The predicted molar refractivity (Wildman–Crippen MR) is 93.1 cm³/mol. The Hall–Kier alpha value is -2.45. The summed E-state index contributed by atoms with van der Waals surface area (Å²) in [5, 5.41) is 14.3. The van der Waals surface area contributed by atoms with E-state index >= 15 is 0 Å². The van der Waals surface area contributed by atoms with E-state index in [1.54, 1.807) is 0 Å². The molecule has 0 aliphatic carbocycles. The summed E-state index contributed by atoms with van der Waals surface area (Å²) >= 11 is 0. The number of carbonyl (C=O) groups excluding carboxylic acids is 3. The lowest BCUT2D eigenvalue weighted by atomic mass is 10.1. The molecule has 1 atom stereocenters. The molecule has 0 radical (unpaired) electrons. The fraction of sp³-hybridized carbons (Fsp3) is 0.375. The number of hydrogen-bond donors (Lipinski definition) is 3. The zero-order valence-electron chi connectivity index (χ0n) is 13.9. The molecule has 2 rings (SSSR count). The van der Waals surface area contributed by atoms with Crippen molar-refractivity contribution in [3.63, 3.8) is 0 Å². The molecule has 1 unspecified atom stereocenters. The first-order valence-corrected chi connectivity index (χ1v) is 7.57. The molecule has 3 N–H and O–H groups in total. The zero-order chi connectivity index (χ0) is 17.9. The Kier molecular flexibility index (Phi) is 7.08. The lowest BCUT2D eigenvalue weighted by Gasteiger charge is -2.13. The summed E-state index contributed by atoms with van der Waals surface area (Å²) in [4.78, 5) is 47.7. The topological polar surface area (TPSA) is 116 Å². The number of amides is 3. The first kappa shape index (κ1) is 20.6. The van der Waals surface area contributed by atoms with Crippen LogP contribution in [0.15, 0.2) is 18.2 Å². The van der Waals surface area contributed by atoms with Crippen LogP contribution in [-0.2, 0) is 9.59 Å². The summed E-state index contributed by atoms with van der Waals surface area (Å²) in [6, 6.07) is 3.67. The maximum absolute atomic E-state index is 11.9. The largest absolute Gasteiger partial charge is 0.480 e. The van der Waals surface area contributed by atoms with Crippen molar-refractivity contribution >= 4 is 41.8 Å². The lowest BCUT2D eigenvalue weighted by Crippen LogP contribution is -2.41. The first-order valence-electron chi connectivity index (χ1n) is 7.57. The van der Waals surface area contributed by atoms with Crippen molar-refractivity contribution in [3.05, 3.63) is 29.3 Å². The minimum Gasteiger partial charge on any atom is -0.480 e. The summed E-state index contributed by atoms with van der Waals surface area (Å²) in [5.41, 5.74) is 0.912. The molecule has 3 amide bonds. The van der Waals surface area contributed by atoms with Gasteiger partial charge < -0.3 is 10.4 Å². The van der Waals surface area contributed by atoms with Crippen LogP contribution in [-0.4, -0.2) is 53.3 Å². The quantitative estimate of drug-likeness (QED) is 0.620. The van der Waals surface area contributed by atoms with Gasteiger partial charge in [-0.3, -0.25) is 29.4 Å². The van der Waals surface area contributed by atoms with Crippen molar-refractivity contribution in [2.24, 2.45) is 0 Å². The Morgan fingerprint density at radius 1 is 1.20 bits per heavy atom. The molecule has 1 aliphatic heterocycles. The van der Waals surface area contributed by atoms with Crippen LogP contribution in [0.2, 0.25) is 0 Å². The Morgan fingerprint density at radius 3 is 2.44 bits per heavy atom. The van der Waals surface area contributed by atoms with E-state index in [0.717, 1.165) is 4.90 Å². The highest BCUT2D eigenvalue weighted by molar-refractivity contribution is 6.21. The van der Waals surface area contributed by atoms with Crippen LogP contribution in [0.4, 0.5) is 5.69 Å². The summed E-state index contributed by atoms with van der Waals surface area (Å²) < 4.78 is 0. The Balaban J connectivity index is 0.00000312. The molecule has 0 spiro atoms. The predicted octanol–water partition coefficient (Wildman–Crippen LogP) is 1.12. The Bertz CT molecular complexity index is 707. The van der Waals surface area contributed by atoms with Crippen LogP contribution >= 0.6 is 12.4 Å². The van der Waals surface area contributed by atoms with E-state index < -0.39 is 23.8 Å². The SMILES string of the molecule is CCCC(NCC(=O)Nc1ccc2c(c1)C(=O)N(C)C2=O)C(=O)O.Cl. The lowest BCUT2D eigenvalue weighted by molar-refractivity contribution is -0.139. The van der Waals surface area contributed by atoms with E-state index in [-0.39, 0.29) is 30.4 Å². The highest BCUT2D eigenvalue weighted by Crippen LogP contribution is 2.24. The summed E-state index contributed by atoms with van der Waals surface area (Å²) in [5.74, 6) is -2.23. The number of carbonyl (C=O) groups is 4. The van der Waals surface area contributed by atoms with Gasteiger partial charge in [-0.05, 0) is 24.6 Å². The maximum atomic E-state index is 11.9. The number of fused-ring (bicyclic) bond motifs is 1. The van der Waals surface area contributed by atoms with Gasteiger partial charge in [0.15, 0.2) is 0 Å². The van der Waals surface area contributed by atoms with Crippen LogP contribution in [0.25, 0.3) is 0 Å². The van der Waals surface area contributed by atoms with Gasteiger partial charge >= 0.3 is 5.97 Å². The number of carboxylic acid groups (broad SMARTS) is 1. The minimum atomic E-state index is -1.01. The van der Waals surface area contributed by atoms with E-state index in [2.05, 4.69) is 10.6 Å². The van der Waals surface area contributed by atoms with E-state index in [1.807, 2.05) is 6.92 Å². The third-order valence-corrected chi connectivity index (χ3v) is 3.76. The van der Waals surface area contributed by atoms with E-state index in [0.29, 0.717) is 24.1 Å². The molecule has 136 valence electrons. The molecular formula is C16H20ClN3O5. The standard InChI is InChI=1S/C16H19N3O5.ClH/c1-3-4-12(16(23)24)17-8-13(20)18-9-5-6-10-11(7-9)15(22)19(2)14(10)21;/h5-7,12,17H,3-4,8H2,1-2H3,(H,18,20)(H,23,24);1H. The number of nitrogens with one attached hydrogen (secondary N) is 2. The van der Waals surface area contributed by atoms with Gasteiger partial charge in [0, 0.05) is 12.7 Å². The molecule has 1 heterocycles. The number of nitrogens with zero attached hydrogens (tertiary/aromatic N) is 1. The smallest absolute Gasteiger partial charge is 0.320 e. The molecule has 8 nitrogen and oxygen atoms in total. The molecule has 9 heteroatoms. The van der Waals surface area contributed by atoms with E-state index in [9.17, 15) is 19.2 Å². The van der Waals surface area contributed by atoms with Crippen LogP contribution in [0.1, 0.15) is 40.5 Å². The monoisotopic (exact) mass is 369 g/mol. The number of aliphatic carboxylic acids is 1. The zero-order valence-corrected chi connectivity index (χ0v) is 14.7. The number of halogens is 1. The van der Waals surface area contributed by atoms with Crippen molar-refractivity contribution in [2.75, 3.05) is 18.9 Å². The second kappa shape index (κ2) is 8.59. The van der Waals surface area contributed by atoms with Gasteiger partial charge in [0.25, 0.3) is 11.8 Å². The summed E-state index contributed by atoms with van der Waals surface area (Å²) in [6.45, 7) is 1.69. The van der Waals surface area contributed by atoms with Crippen LogP contribution in [0.3, 0.4) is 0 Å². The summed E-state index contributed by atoms with van der Waals surface area (Å²) in [7, 11) is 1.40. The Labute approximate surface area is 151 Å². The molecule has 0 fully saturated rings. The number of anilines is 1. The second-order valence-electron chi connectivity index (χ2n) is 5.54. The molecule has 0 aromatic heterocycles. The first-order chi connectivity index (χ1) is 11.3. The Morgan fingerprint density at radius 2 is 1.84 bits per heavy atom. The van der Waals surface area contributed by atoms with Crippen molar-refractivity contribution in [2.45, 2.75) is 25.8 Å². The molecule has 1 aliphatic rings. The fourth-order valence-corrected chi connectivity index (χ4v) is 2.46. The van der Waals surface area contributed by atoms with Gasteiger partial charge in [0.1, 0.15) is 6.04 Å². The van der Waals surface area contributed by atoms with Crippen molar-refractivity contribution in [3.8, 4) is 0 Å². The third-order valence-electron chi connectivity index (χ3n) is 3.76. The van der Waals surface area contributed by atoms with Crippen molar-refractivity contribution < 1.29 is 24.3 Å². The van der Waals surface area contributed by atoms with Gasteiger partial charge in [-0.1, -0.05) is 13.3 Å². The van der Waals surface area contributed by atoms with Crippen LogP contribution < -0.4 is 10.6 Å². The number of hydrogen-bond acceptors (Lipinski definition) is 5. The van der Waals surface area contributed by atoms with Gasteiger partial charge in [-0.15, -0.1) is 12.4 Å². The van der Waals surface area contributed by atoms with E-state index in [1.165, 1.54) is 25.2 Å². The number of carboxylic acids is 1. The normalized spacial score (nSPS) is 13.9. The van der Waals surface area contributed by atoms with Crippen molar-refractivity contribution in [1.29, 1.82) is 0 Å². The van der Waals surface area contributed by atoms with Crippen LogP contribution in [0, 0.1) is 0 Å². The number of rotatable bonds is 7. The average molecular weight is 370 g/mol. The van der Waals surface area contributed by atoms with Gasteiger partial charge in [0.05, 0.1) is 17.7 Å². The molecule has 1 aromatic rings. The second-order valence-corrected chi connectivity index (χ2v) is 5.54. The number of benzene rings is 1. The van der Waals surface area contributed by atoms with Gasteiger partial charge in [-0.25, -0.2) is 0 Å². The maximum Gasteiger partial charge on any atom is 0.320 e. The average Bonchev–Trinajstić information content (AvgIpc) is 2.75. The highest BCUT2D eigenvalue weighted by atomic mass is 35.5. The van der Waals surface area contributed by atoms with Crippen molar-refractivity contribution in [1.82, 2.24) is 10.2 Å². The summed E-state index contributed by atoms with van der Waals surface area (Å²) in [6.07, 6.45) is 1.10. The van der Waals surface area contributed by atoms with Crippen LogP contribution in [0.5, 0.6) is 0 Å².